The maximum Gasteiger partial charge on any atom is 0.263 e. The molecule has 0 fully saturated rings. The number of rotatable bonds is 9. The van der Waals surface area contributed by atoms with Gasteiger partial charge < -0.3 is 10.0 Å². The maximum atomic E-state index is 15.2. The Hall–Kier alpha value is -3.31. The second kappa shape index (κ2) is 11.4. The number of hydrazone groups is 1. The van der Waals surface area contributed by atoms with Crippen molar-refractivity contribution in [2.24, 2.45) is 5.10 Å². The van der Waals surface area contributed by atoms with Crippen LogP contribution in [0.1, 0.15) is 37.0 Å². The average molecular weight is 509 g/mol. The van der Waals surface area contributed by atoms with E-state index in [4.69, 9.17) is 11.6 Å². The molecule has 188 valence electrons. The van der Waals surface area contributed by atoms with Gasteiger partial charge in [-0.3, -0.25) is 19.4 Å². The Morgan fingerprint density at radius 3 is 2.66 bits per heavy atom. The summed E-state index contributed by atoms with van der Waals surface area (Å²) in [6, 6.07) is 5.15. The van der Waals surface area contributed by atoms with Crippen LogP contribution in [-0.4, -0.2) is 66.6 Å². The molecule has 1 aromatic heterocycles. The van der Waals surface area contributed by atoms with Crippen LogP contribution in [0, 0.1) is 11.6 Å². The van der Waals surface area contributed by atoms with Crippen molar-refractivity contribution in [2.75, 3.05) is 48.2 Å². The highest BCUT2D eigenvalue weighted by Crippen LogP contribution is 2.36. The number of amides is 2. The molecule has 1 aromatic carbocycles. The average Bonchev–Trinajstić information content (AvgIpc) is 2.84. The summed E-state index contributed by atoms with van der Waals surface area (Å²) < 4.78 is 29.8. The molecule has 2 aromatic rings. The molecule has 1 aliphatic rings. The van der Waals surface area contributed by atoms with Crippen LogP contribution in [0.4, 0.5) is 26.1 Å². The molecule has 2 heterocycles. The zero-order chi connectivity index (χ0) is 25.7. The number of benzene rings is 1. The molecule has 1 N–H and O–H groups in total. The summed E-state index contributed by atoms with van der Waals surface area (Å²) in [5.41, 5.74) is -0.130. The third kappa shape index (κ3) is 5.35. The van der Waals surface area contributed by atoms with Crippen LogP contribution >= 0.6 is 11.6 Å². The summed E-state index contributed by atoms with van der Waals surface area (Å²) in [6.07, 6.45) is 2.10. The van der Waals surface area contributed by atoms with Crippen LogP contribution < -0.4 is 14.8 Å². The van der Waals surface area contributed by atoms with Crippen molar-refractivity contribution in [3.05, 3.63) is 46.5 Å². The Kier molecular flexibility index (Phi) is 8.57. The van der Waals surface area contributed by atoms with Gasteiger partial charge in [-0.05, 0) is 31.5 Å². The minimum absolute atomic E-state index is 0.00297. The van der Waals surface area contributed by atoms with Gasteiger partial charge in [0.1, 0.15) is 23.9 Å². The fourth-order valence-electron chi connectivity index (χ4n) is 3.71. The number of aliphatic hydroxyl groups is 1. The molecule has 2 amide bonds. The first-order valence-electron chi connectivity index (χ1n) is 11.1. The van der Waals surface area contributed by atoms with Crippen molar-refractivity contribution in [3.8, 4) is 0 Å². The molecule has 35 heavy (non-hydrogen) atoms. The van der Waals surface area contributed by atoms with Crippen LogP contribution in [0.25, 0.3) is 0 Å². The third-order valence-electron chi connectivity index (χ3n) is 5.53. The SMILES string of the molecule is CCCCN1CN(c2c(F)cccc2Cl)C(=O)c2cc(F)c(N(C)/N=C(/CO)N(C=O)CC)nc21. The molecule has 0 bridgehead atoms. The lowest BCUT2D eigenvalue weighted by atomic mass is 10.1. The van der Waals surface area contributed by atoms with E-state index in [0.717, 1.165) is 23.9 Å². The number of aromatic nitrogens is 1. The fraction of sp³-hybridized carbons (Fsp3) is 0.391. The van der Waals surface area contributed by atoms with Crippen LogP contribution in [0.2, 0.25) is 5.02 Å². The molecule has 12 heteroatoms. The van der Waals surface area contributed by atoms with Gasteiger partial charge in [-0.1, -0.05) is 31.0 Å². The monoisotopic (exact) mass is 508 g/mol. The van der Waals surface area contributed by atoms with Crippen LogP contribution in [-0.2, 0) is 4.79 Å². The lowest BCUT2D eigenvalue weighted by Gasteiger charge is -2.38. The molecular weight excluding hydrogens is 482 g/mol. The number of carbonyl (C=O) groups is 2. The molecule has 9 nitrogen and oxygen atoms in total. The van der Waals surface area contributed by atoms with E-state index in [1.54, 1.807) is 11.8 Å². The highest BCUT2D eigenvalue weighted by Gasteiger charge is 2.35. The fourth-order valence-corrected chi connectivity index (χ4v) is 3.97. The number of hydrogen-bond donors (Lipinski definition) is 1. The standard InChI is InChI=1S/C23H27ClF2N6O3/c1-4-6-10-31-13-32(20-16(24)8-7-9-17(20)25)23(35)15-11-18(26)22(27-21(15)31)29(3)28-19(12-33)30(5-2)14-34/h7-9,11,14,33H,4-6,10,12-13H2,1-3H3/b28-19-. The van der Waals surface area contributed by atoms with Gasteiger partial charge in [0, 0.05) is 20.1 Å². The van der Waals surface area contributed by atoms with Crippen LogP contribution in [0.15, 0.2) is 29.4 Å². The van der Waals surface area contributed by atoms with Gasteiger partial charge in [0.2, 0.25) is 6.41 Å². The highest BCUT2D eigenvalue weighted by molar-refractivity contribution is 6.34. The summed E-state index contributed by atoms with van der Waals surface area (Å²) >= 11 is 6.20. The Labute approximate surface area is 207 Å². The molecule has 0 aliphatic carbocycles. The molecule has 0 saturated heterocycles. The van der Waals surface area contributed by atoms with E-state index in [1.165, 1.54) is 35.0 Å². The molecule has 0 saturated carbocycles. The number of halogens is 3. The van der Waals surface area contributed by atoms with Crippen molar-refractivity contribution in [2.45, 2.75) is 26.7 Å². The van der Waals surface area contributed by atoms with E-state index in [2.05, 4.69) is 10.1 Å². The van der Waals surface area contributed by atoms with E-state index < -0.39 is 24.1 Å². The highest BCUT2D eigenvalue weighted by atomic mass is 35.5. The normalized spacial score (nSPS) is 13.7. The van der Waals surface area contributed by atoms with E-state index in [0.29, 0.717) is 13.0 Å². The number of para-hydroxylation sites is 1. The summed E-state index contributed by atoms with van der Waals surface area (Å²) in [5.74, 6) is -2.15. The number of aliphatic hydroxyl groups excluding tert-OH is 1. The van der Waals surface area contributed by atoms with Gasteiger partial charge in [-0.2, -0.15) is 5.10 Å². The Balaban J connectivity index is 2.09. The van der Waals surface area contributed by atoms with Gasteiger partial charge >= 0.3 is 0 Å². The lowest BCUT2D eigenvalue weighted by Crippen LogP contribution is -2.48. The smallest absolute Gasteiger partial charge is 0.263 e. The van der Waals surface area contributed by atoms with Crippen molar-refractivity contribution >= 4 is 47.1 Å². The van der Waals surface area contributed by atoms with Crippen molar-refractivity contribution in [3.63, 3.8) is 0 Å². The van der Waals surface area contributed by atoms with E-state index in [9.17, 15) is 19.1 Å². The summed E-state index contributed by atoms with van der Waals surface area (Å²) in [7, 11) is 1.42. The lowest BCUT2D eigenvalue weighted by molar-refractivity contribution is -0.114. The van der Waals surface area contributed by atoms with Gasteiger partial charge in [-0.25, -0.2) is 18.8 Å². The number of fused-ring (bicyclic) bond motifs is 1. The predicted molar refractivity (Wildman–Crippen MR) is 131 cm³/mol. The minimum Gasteiger partial charge on any atom is -0.388 e. The van der Waals surface area contributed by atoms with Crippen LogP contribution in [0.3, 0.4) is 0 Å². The zero-order valence-corrected chi connectivity index (χ0v) is 20.5. The van der Waals surface area contributed by atoms with Gasteiger partial charge in [0.25, 0.3) is 5.91 Å². The first-order valence-corrected chi connectivity index (χ1v) is 11.5. The topological polar surface area (TPSA) is 92.6 Å². The Morgan fingerprint density at radius 1 is 1.31 bits per heavy atom. The summed E-state index contributed by atoms with van der Waals surface area (Å²) in [4.78, 5) is 33.0. The number of hydrogen-bond acceptors (Lipinski definition) is 7. The minimum atomic E-state index is -0.855. The summed E-state index contributed by atoms with van der Waals surface area (Å²) in [6.45, 7) is 3.83. The number of unbranched alkanes of at least 4 members (excludes halogenated alkanes) is 1. The maximum absolute atomic E-state index is 15.2. The summed E-state index contributed by atoms with van der Waals surface area (Å²) in [5, 5.41) is 14.9. The number of pyridine rings is 1. The Bertz CT molecular complexity index is 1110. The second-order valence-corrected chi connectivity index (χ2v) is 8.22. The van der Waals surface area contributed by atoms with Gasteiger partial charge in [0.15, 0.2) is 17.5 Å². The van der Waals surface area contributed by atoms with Gasteiger partial charge in [-0.15, -0.1) is 0 Å². The quantitative estimate of drug-likeness (QED) is 0.241. The van der Waals surface area contributed by atoms with Crippen molar-refractivity contribution in [1.82, 2.24) is 9.88 Å². The third-order valence-corrected chi connectivity index (χ3v) is 5.83. The number of nitrogens with zero attached hydrogens (tertiary/aromatic N) is 6. The number of likely N-dealkylation sites (N-methyl/N-ethyl adjacent to an activating group) is 1. The first kappa shape index (κ1) is 26.3. The second-order valence-electron chi connectivity index (χ2n) is 7.82. The molecule has 3 rings (SSSR count). The Morgan fingerprint density at radius 2 is 2.06 bits per heavy atom. The largest absolute Gasteiger partial charge is 0.388 e. The van der Waals surface area contributed by atoms with E-state index in [-0.39, 0.29) is 47.0 Å². The molecule has 0 atom stereocenters. The molecular formula is C23H27ClF2N6O3. The first-order chi connectivity index (χ1) is 16.8. The zero-order valence-electron chi connectivity index (χ0n) is 19.7. The molecule has 0 spiro atoms. The number of amidine groups is 1. The molecule has 0 unspecified atom stereocenters. The molecule has 0 radical (unpaired) electrons. The van der Waals surface area contributed by atoms with E-state index in [1.807, 2.05) is 6.92 Å². The molecule has 1 aliphatic heterocycles. The van der Waals surface area contributed by atoms with E-state index >= 15 is 4.39 Å². The van der Waals surface area contributed by atoms with Crippen molar-refractivity contribution < 1.29 is 23.5 Å². The predicted octanol–water partition coefficient (Wildman–Crippen LogP) is 3.46. The van der Waals surface area contributed by atoms with Crippen molar-refractivity contribution in [1.29, 1.82) is 0 Å². The number of anilines is 3. The number of carbonyl (C=O) groups excluding carboxylic acids is 2. The van der Waals surface area contributed by atoms with Gasteiger partial charge in [0.05, 0.1) is 17.3 Å². The van der Waals surface area contributed by atoms with Crippen LogP contribution in [0.5, 0.6) is 0 Å².